The second-order valence-corrected chi connectivity index (χ2v) is 8.45. The van der Waals surface area contributed by atoms with Crippen molar-refractivity contribution >= 4 is 5.82 Å². The fourth-order valence-electron chi connectivity index (χ4n) is 5.13. The van der Waals surface area contributed by atoms with Crippen LogP contribution in [-0.2, 0) is 0 Å². The molecule has 2 aliphatic rings. The molecule has 9 heteroatoms. The first-order chi connectivity index (χ1) is 15.8. The van der Waals surface area contributed by atoms with E-state index >= 15 is 0 Å². The molecule has 1 aromatic carbocycles. The second-order valence-electron chi connectivity index (χ2n) is 8.45. The van der Waals surface area contributed by atoms with E-state index in [4.69, 9.17) is 9.97 Å². The minimum absolute atomic E-state index is 0.138. The highest BCUT2D eigenvalue weighted by Crippen LogP contribution is 2.43. The summed E-state index contributed by atoms with van der Waals surface area (Å²) >= 11 is 0. The standard InChI is InChI=1S/C23H25N9/c1-3-18-22-29-28-15(2)30(22)19-13-24-23(27-21(19)31(18)17-11-7-8-12-17)32-20(25-14-26-32)16-9-5-4-6-10-16/h4-6,9-10,13-14,17-18H,3,7-8,11-12H2,1-2H3. The van der Waals surface area contributed by atoms with Crippen molar-refractivity contribution in [2.75, 3.05) is 4.90 Å². The summed E-state index contributed by atoms with van der Waals surface area (Å²) in [6.45, 7) is 4.19. The first-order valence-electron chi connectivity index (χ1n) is 11.3. The number of aromatic nitrogens is 8. The third-order valence-electron chi connectivity index (χ3n) is 6.58. The largest absolute Gasteiger partial charge is 0.341 e. The van der Waals surface area contributed by atoms with Crippen molar-refractivity contribution in [3.05, 3.63) is 54.5 Å². The molecule has 4 aromatic rings. The van der Waals surface area contributed by atoms with E-state index in [0.717, 1.165) is 41.0 Å². The Morgan fingerprint density at radius 1 is 1.03 bits per heavy atom. The van der Waals surface area contributed by atoms with E-state index in [1.165, 1.54) is 25.7 Å². The molecule has 0 bridgehead atoms. The van der Waals surface area contributed by atoms with Crippen molar-refractivity contribution in [3.8, 4) is 23.0 Å². The lowest BCUT2D eigenvalue weighted by molar-refractivity contribution is 0.467. The van der Waals surface area contributed by atoms with Crippen LogP contribution in [0.2, 0.25) is 0 Å². The fourth-order valence-corrected chi connectivity index (χ4v) is 5.13. The maximum absolute atomic E-state index is 5.08. The van der Waals surface area contributed by atoms with E-state index in [1.807, 2.05) is 43.5 Å². The molecule has 4 heterocycles. The highest BCUT2D eigenvalue weighted by atomic mass is 15.4. The zero-order valence-electron chi connectivity index (χ0n) is 18.3. The van der Waals surface area contributed by atoms with Gasteiger partial charge in [-0.15, -0.1) is 10.2 Å². The van der Waals surface area contributed by atoms with Gasteiger partial charge in [-0.3, -0.25) is 4.57 Å². The van der Waals surface area contributed by atoms with Crippen LogP contribution in [0.15, 0.2) is 42.9 Å². The maximum atomic E-state index is 5.08. The third kappa shape index (κ3) is 2.84. The molecule has 0 spiro atoms. The van der Waals surface area contributed by atoms with E-state index < -0.39 is 0 Å². The number of nitrogens with zero attached hydrogens (tertiary/aromatic N) is 9. The summed E-state index contributed by atoms with van der Waals surface area (Å²) in [5.74, 6) is 4.01. The smallest absolute Gasteiger partial charge is 0.254 e. The van der Waals surface area contributed by atoms with Crippen LogP contribution in [0.3, 0.4) is 0 Å². The van der Waals surface area contributed by atoms with Crippen LogP contribution in [0, 0.1) is 6.92 Å². The Kier molecular flexibility index (Phi) is 4.48. The monoisotopic (exact) mass is 427 g/mol. The average Bonchev–Trinajstić information content (AvgIpc) is 3.60. The Morgan fingerprint density at radius 3 is 2.62 bits per heavy atom. The van der Waals surface area contributed by atoms with Gasteiger partial charge in [-0.2, -0.15) is 14.8 Å². The lowest BCUT2D eigenvalue weighted by Gasteiger charge is -2.41. The minimum atomic E-state index is 0.138. The van der Waals surface area contributed by atoms with Gasteiger partial charge < -0.3 is 4.90 Å². The van der Waals surface area contributed by atoms with Crippen molar-refractivity contribution in [2.45, 2.75) is 58.0 Å². The van der Waals surface area contributed by atoms with Gasteiger partial charge in [0.15, 0.2) is 17.5 Å². The normalized spacial score (nSPS) is 18.1. The first kappa shape index (κ1) is 19.1. The molecule has 0 saturated heterocycles. The SMILES string of the molecule is CCC1c2nnc(C)n2-c2cnc(-n3ncnc3-c3ccccc3)nc2N1C1CCCC1. The van der Waals surface area contributed by atoms with Crippen LogP contribution in [0.4, 0.5) is 5.82 Å². The summed E-state index contributed by atoms with van der Waals surface area (Å²) in [6.07, 6.45) is 9.20. The topological polar surface area (TPSA) is 90.4 Å². The molecule has 1 fully saturated rings. The molecular formula is C23H25N9. The number of aryl methyl sites for hydroxylation is 1. The molecule has 1 saturated carbocycles. The van der Waals surface area contributed by atoms with E-state index in [-0.39, 0.29) is 6.04 Å². The summed E-state index contributed by atoms with van der Waals surface area (Å²) in [4.78, 5) is 16.7. The van der Waals surface area contributed by atoms with Crippen LogP contribution in [0.1, 0.15) is 56.7 Å². The van der Waals surface area contributed by atoms with E-state index in [0.29, 0.717) is 12.0 Å². The third-order valence-corrected chi connectivity index (χ3v) is 6.58. The quantitative estimate of drug-likeness (QED) is 0.489. The number of anilines is 1. The summed E-state index contributed by atoms with van der Waals surface area (Å²) < 4.78 is 3.83. The predicted octanol–water partition coefficient (Wildman–Crippen LogP) is 3.83. The van der Waals surface area contributed by atoms with Crippen LogP contribution in [0.25, 0.3) is 23.0 Å². The van der Waals surface area contributed by atoms with Gasteiger partial charge >= 0.3 is 0 Å². The average molecular weight is 428 g/mol. The number of hydrogen-bond acceptors (Lipinski definition) is 7. The molecule has 0 radical (unpaired) electrons. The van der Waals surface area contributed by atoms with Gasteiger partial charge in [0.2, 0.25) is 0 Å². The van der Waals surface area contributed by atoms with E-state index in [1.54, 1.807) is 11.0 Å². The molecule has 3 aromatic heterocycles. The van der Waals surface area contributed by atoms with E-state index in [2.05, 4.69) is 36.7 Å². The van der Waals surface area contributed by atoms with Crippen molar-refractivity contribution in [3.63, 3.8) is 0 Å². The van der Waals surface area contributed by atoms with E-state index in [9.17, 15) is 0 Å². The Morgan fingerprint density at radius 2 is 1.84 bits per heavy atom. The van der Waals surface area contributed by atoms with Gasteiger partial charge in [0, 0.05) is 11.6 Å². The molecule has 9 nitrogen and oxygen atoms in total. The van der Waals surface area contributed by atoms with Gasteiger partial charge in [-0.1, -0.05) is 50.1 Å². The van der Waals surface area contributed by atoms with Crippen LogP contribution in [-0.4, -0.2) is 45.5 Å². The highest BCUT2D eigenvalue weighted by Gasteiger charge is 2.39. The molecule has 0 N–H and O–H groups in total. The summed E-state index contributed by atoms with van der Waals surface area (Å²) in [5, 5.41) is 13.4. The van der Waals surface area contributed by atoms with Gasteiger partial charge in [-0.25, -0.2) is 9.97 Å². The Hall–Kier alpha value is -3.62. The molecular weight excluding hydrogens is 402 g/mol. The van der Waals surface area contributed by atoms with Crippen LogP contribution < -0.4 is 4.90 Å². The molecule has 32 heavy (non-hydrogen) atoms. The summed E-state index contributed by atoms with van der Waals surface area (Å²) in [6, 6.07) is 10.6. The zero-order chi connectivity index (χ0) is 21.7. The lowest BCUT2D eigenvalue weighted by Crippen LogP contribution is -2.42. The number of rotatable bonds is 4. The molecule has 162 valence electrons. The molecule has 0 amide bonds. The summed E-state index contributed by atoms with van der Waals surface area (Å²) in [5.41, 5.74) is 1.91. The van der Waals surface area contributed by atoms with Gasteiger partial charge in [0.25, 0.3) is 5.95 Å². The number of hydrogen-bond donors (Lipinski definition) is 0. The molecule has 1 aliphatic carbocycles. The van der Waals surface area contributed by atoms with Gasteiger partial charge in [0.1, 0.15) is 17.8 Å². The second kappa shape index (κ2) is 7.51. The Bertz CT molecular complexity index is 1250. The molecule has 1 unspecified atom stereocenters. The number of benzene rings is 1. The van der Waals surface area contributed by atoms with Gasteiger partial charge in [-0.05, 0) is 26.2 Å². The summed E-state index contributed by atoms with van der Waals surface area (Å²) in [7, 11) is 0. The highest BCUT2D eigenvalue weighted by molar-refractivity contribution is 5.64. The molecule has 1 aliphatic heterocycles. The van der Waals surface area contributed by atoms with Crippen molar-refractivity contribution in [2.24, 2.45) is 0 Å². The Labute approximate surface area is 186 Å². The first-order valence-corrected chi connectivity index (χ1v) is 11.3. The number of fused-ring (bicyclic) bond motifs is 3. The zero-order valence-corrected chi connectivity index (χ0v) is 18.3. The van der Waals surface area contributed by atoms with Crippen molar-refractivity contribution < 1.29 is 0 Å². The van der Waals surface area contributed by atoms with Crippen LogP contribution in [0.5, 0.6) is 0 Å². The molecule has 1 atom stereocenters. The minimum Gasteiger partial charge on any atom is -0.341 e. The predicted molar refractivity (Wildman–Crippen MR) is 120 cm³/mol. The maximum Gasteiger partial charge on any atom is 0.254 e. The van der Waals surface area contributed by atoms with Crippen LogP contribution >= 0.6 is 0 Å². The fraction of sp³-hybridized carbons (Fsp3) is 0.391. The van der Waals surface area contributed by atoms with Gasteiger partial charge in [0.05, 0.1) is 12.2 Å². The molecule has 6 rings (SSSR count). The van der Waals surface area contributed by atoms with Crippen molar-refractivity contribution in [1.29, 1.82) is 0 Å². The lowest BCUT2D eigenvalue weighted by atomic mass is 10.0. The Balaban J connectivity index is 1.53. The van der Waals surface area contributed by atoms with Crippen molar-refractivity contribution in [1.82, 2.24) is 39.5 Å².